The molecule has 1 aromatic rings. The van der Waals surface area contributed by atoms with Gasteiger partial charge in [0.05, 0.1) is 6.54 Å². The van der Waals surface area contributed by atoms with Gasteiger partial charge in [0.2, 0.25) is 5.91 Å². The molecule has 20 heavy (non-hydrogen) atoms. The third-order valence-electron chi connectivity index (χ3n) is 4.46. The van der Waals surface area contributed by atoms with Crippen molar-refractivity contribution in [3.05, 3.63) is 35.4 Å². The van der Waals surface area contributed by atoms with Gasteiger partial charge in [0.15, 0.2) is 0 Å². The van der Waals surface area contributed by atoms with E-state index < -0.39 is 0 Å². The molecular formula is C16H23N3O. The van der Waals surface area contributed by atoms with Crippen LogP contribution in [0.5, 0.6) is 0 Å². The smallest absolute Gasteiger partial charge is 0.236 e. The van der Waals surface area contributed by atoms with Gasteiger partial charge in [-0.2, -0.15) is 0 Å². The van der Waals surface area contributed by atoms with Crippen LogP contribution < -0.4 is 5.73 Å². The van der Waals surface area contributed by atoms with Crippen LogP contribution in [0.3, 0.4) is 0 Å². The second-order valence-electron chi connectivity index (χ2n) is 5.95. The molecule has 0 aliphatic carbocycles. The van der Waals surface area contributed by atoms with Crippen LogP contribution in [0.4, 0.5) is 0 Å². The number of amides is 1. The number of nitrogens with zero attached hydrogens (tertiary/aromatic N) is 2. The minimum absolute atomic E-state index is 0.260. The Bertz CT molecular complexity index is 480. The maximum absolute atomic E-state index is 12.3. The van der Waals surface area contributed by atoms with Crippen LogP contribution >= 0.6 is 0 Å². The summed E-state index contributed by atoms with van der Waals surface area (Å²) in [5, 5.41) is 0. The Morgan fingerprint density at radius 3 is 2.60 bits per heavy atom. The van der Waals surface area contributed by atoms with E-state index in [1.54, 1.807) is 0 Å². The lowest BCUT2D eigenvalue weighted by atomic mass is 10.00. The molecule has 0 radical (unpaired) electrons. The predicted molar refractivity (Wildman–Crippen MR) is 79.2 cm³/mol. The van der Waals surface area contributed by atoms with E-state index in [1.807, 2.05) is 4.90 Å². The largest absolute Gasteiger partial charge is 0.341 e. The van der Waals surface area contributed by atoms with E-state index in [1.165, 1.54) is 11.1 Å². The van der Waals surface area contributed by atoms with E-state index in [4.69, 9.17) is 5.73 Å². The van der Waals surface area contributed by atoms with Gasteiger partial charge in [-0.25, -0.2) is 0 Å². The van der Waals surface area contributed by atoms with Gasteiger partial charge in [-0.05, 0) is 30.4 Å². The average molecular weight is 273 g/mol. The van der Waals surface area contributed by atoms with Crippen LogP contribution in [0.1, 0.15) is 24.0 Å². The van der Waals surface area contributed by atoms with Crippen LogP contribution in [-0.2, 0) is 17.8 Å². The number of hydrogen-bond acceptors (Lipinski definition) is 3. The number of hydrogen-bond donors (Lipinski definition) is 1. The Kier molecular flexibility index (Phi) is 4.03. The molecule has 0 saturated carbocycles. The summed E-state index contributed by atoms with van der Waals surface area (Å²) in [5.74, 6) is 0.260. The third kappa shape index (κ3) is 3.02. The Morgan fingerprint density at radius 1 is 1.15 bits per heavy atom. The first-order valence-corrected chi connectivity index (χ1v) is 7.55. The lowest BCUT2D eigenvalue weighted by Crippen LogP contribution is -2.47. The van der Waals surface area contributed by atoms with E-state index in [0.29, 0.717) is 6.54 Å². The monoisotopic (exact) mass is 273 g/mol. The Balaban J connectivity index is 1.55. The molecule has 108 valence electrons. The van der Waals surface area contributed by atoms with E-state index in [2.05, 4.69) is 29.2 Å². The van der Waals surface area contributed by atoms with Crippen LogP contribution in [0.25, 0.3) is 0 Å². The molecule has 0 unspecified atom stereocenters. The molecule has 4 heteroatoms. The number of rotatable bonds is 2. The molecule has 2 aliphatic heterocycles. The van der Waals surface area contributed by atoms with Gasteiger partial charge < -0.3 is 10.6 Å². The van der Waals surface area contributed by atoms with Crippen molar-refractivity contribution in [3.63, 3.8) is 0 Å². The molecule has 2 heterocycles. The molecule has 0 atom stereocenters. The van der Waals surface area contributed by atoms with Gasteiger partial charge in [-0.3, -0.25) is 9.69 Å². The molecule has 1 amide bonds. The van der Waals surface area contributed by atoms with Gasteiger partial charge in [-0.1, -0.05) is 24.3 Å². The van der Waals surface area contributed by atoms with Crippen molar-refractivity contribution >= 4 is 5.91 Å². The summed E-state index contributed by atoms with van der Waals surface area (Å²) < 4.78 is 0. The van der Waals surface area contributed by atoms with Crippen molar-refractivity contribution in [3.8, 4) is 0 Å². The first-order valence-electron chi connectivity index (χ1n) is 7.55. The molecule has 0 aromatic heterocycles. The normalized spacial score (nSPS) is 20.8. The Labute approximate surface area is 120 Å². The fourth-order valence-corrected chi connectivity index (χ4v) is 3.13. The first kappa shape index (κ1) is 13.6. The minimum atomic E-state index is 0.260. The molecule has 0 bridgehead atoms. The van der Waals surface area contributed by atoms with E-state index in [0.717, 1.165) is 45.4 Å². The summed E-state index contributed by atoms with van der Waals surface area (Å²) in [6, 6.07) is 8.82. The summed E-state index contributed by atoms with van der Waals surface area (Å²) in [7, 11) is 0. The lowest BCUT2D eigenvalue weighted by molar-refractivity contribution is -0.133. The number of likely N-dealkylation sites (tertiary alicyclic amines) is 1. The van der Waals surface area contributed by atoms with Crippen LogP contribution in [-0.4, -0.2) is 47.9 Å². The number of fused-ring (bicyclic) bond motifs is 1. The van der Waals surface area contributed by atoms with Gasteiger partial charge >= 0.3 is 0 Å². The topological polar surface area (TPSA) is 49.6 Å². The second-order valence-corrected chi connectivity index (χ2v) is 5.95. The summed E-state index contributed by atoms with van der Waals surface area (Å²) in [5.41, 5.74) is 8.68. The highest BCUT2D eigenvalue weighted by Crippen LogP contribution is 2.18. The molecule has 0 spiro atoms. The fourth-order valence-electron chi connectivity index (χ4n) is 3.13. The summed E-state index contributed by atoms with van der Waals surface area (Å²) in [6.07, 6.45) is 2.93. The predicted octanol–water partition coefficient (Wildman–Crippen LogP) is 0.994. The van der Waals surface area contributed by atoms with Crippen molar-refractivity contribution in [2.75, 3.05) is 26.2 Å². The number of carbonyl (C=O) groups is 1. The van der Waals surface area contributed by atoms with Crippen molar-refractivity contribution in [1.29, 1.82) is 0 Å². The van der Waals surface area contributed by atoms with E-state index in [9.17, 15) is 4.79 Å². The quantitative estimate of drug-likeness (QED) is 0.874. The fraction of sp³-hybridized carbons (Fsp3) is 0.562. The van der Waals surface area contributed by atoms with Crippen molar-refractivity contribution in [2.24, 2.45) is 5.73 Å². The van der Waals surface area contributed by atoms with Crippen LogP contribution in [0.2, 0.25) is 0 Å². The van der Waals surface area contributed by atoms with Crippen molar-refractivity contribution in [1.82, 2.24) is 9.80 Å². The van der Waals surface area contributed by atoms with Crippen LogP contribution in [0, 0.1) is 0 Å². The minimum Gasteiger partial charge on any atom is -0.341 e. The molecule has 4 nitrogen and oxygen atoms in total. The van der Waals surface area contributed by atoms with E-state index >= 15 is 0 Å². The summed E-state index contributed by atoms with van der Waals surface area (Å²) in [6.45, 7) is 4.07. The number of piperidine rings is 1. The lowest BCUT2D eigenvalue weighted by Gasteiger charge is -2.33. The summed E-state index contributed by atoms with van der Waals surface area (Å²) >= 11 is 0. The third-order valence-corrected chi connectivity index (χ3v) is 4.46. The second kappa shape index (κ2) is 5.94. The number of benzene rings is 1. The maximum Gasteiger partial charge on any atom is 0.236 e. The van der Waals surface area contributed by atoms with Crippen molar-refractivity contribution in [2.45, 2.75) is 31.8 Å². The Hall–Kier alpha value is -1.39. The first-order chi connectivity index (χ1) is 9.72. The zero-order chi connectivity index (χ0) is 13.9. The molecule has 2 N–H and O–H groups in total. The molecule has 3 rings (SSSR count). The maximum atomic E-state index is 12.3. The average Bonchev–Trinajstić information content (AvgIpc) is 2.48. The van der Waals surface area contributed by atoms with Gasteiger partial charge in [0.1, 0.15) is 0 Å². The summed E-state index contributed by atoms with van der Waals surface area (Å²) in [4.78, 5) is 16.6. The highest BCUT2D eigenvalue weighted by molar-refractivity contribution is 5.78. The zero-order valence-corrected chi connectivity index (χ0v) is 11.9. The molecule has 1 saturated heterocycles. The molecular weight excluding hydrogens is 250 g/mol. The van der Waals surface area contributed by atoms with Gasteiger partial charge in [0.25, 0.3) is 0 Å². The highest BCUT2D eigenvalue weighted by atomic mass is 16.2. The van der Waals surface area contributed by atoms with Gasteiger partial charge in [-0.15, -0.1) is 0 Å². The molecule has 1 aromatic carbocycles. The van der Waals surface area contributed by atoms with Gasteiger partial charge in [0, 0.05) is 32.2 Å². The number of nitrogens with two attached hydrogens (primary N) is 1. The molecule has 1 fully saturated rings. The van der Waals surface area contributed by atoms with Crippen molar-refractivity contribution < 1.29 is 4.79 Å². The van der Waals surface area contributed by atoms with E-state index in [-0.39, 0.29) is 11.9 Å². The Morgan fingerprint density at radius 2 is 1.85 bits per heavy atom. The highest BCUT2D eigenvalue weighted by Gasteiger charge is 2.24. The number of carbonyl (C=O) groups excluding carboxylic acids is 1. The molecule has 2 aliphatic rings. The standard InChI is InChI=1S/C16H23N3O/c17-15-6-9-19(10-7-15)16(20)12-18-8-5-13-3-1-2-4-14(13)11-18/h1-4,15H,5-12,17H2. The SMILES string of the molecule is NC1CCN(C(=O)CN2CCc3ccccc3C2)CC1. The zero-order valence-electron chi connectivity index (χ0n) is 11.9. The van der Waals surface area contributed by atoms with Crippen LogP contribution in [0.15, 0.2) is 24.3 Å².